The maximum atomic E-state index is 10.6. The highest BCUT2D eigenvalue weighted by molar-refractivity contribution is 5.67. The molecule has 2 heterocycles. The van der Waals surface area contributed by atoms with Crippen molar-refractivity contribution in [2.24, 2.45) is 0 Å². The van der Waals surface area contributed by atoms with Crippen LogP contribution in [0.25, 0.3) is 0 Å². The Balaban J connectivity index is 2.25. The Morgan fingerprint density at radius 2 is 2.50 bits per heavy atom. The summed E-state index contributed by atoms with van der Waals surface area (Å²) in [6.45, 7) is 1.84. The zero-order valence-electron chi connectivity index (χ0n) is 8.10. The summed E-state index contributed by atoms with van der Waals surface area (Å²) in [6, 6.07) is -0.00236. The monoisotopic (exact) mass is 195 g/mol. The Morgan fingerprint density at radius 1 is 1.71 bits per heavy atom. The predicted molar refractivity (Wildman–Crippen MR) is 49.0 cm³/mol. The molecule has 1 aromatic heterocycles. The molecule has 1 N–H and O–H groups in total. The fourth-order valence-corrected chi connectivity index (χ4v) is 1.95. The number of carboxylic acid groups (broad SMARTS) is 1. The molecular formula is C9H13N3O2. The Labute approximate surface area is 81.8 Å². The number of hydrogen-bond donors (Lipinski definition) is 1. The van der Waals surface area contributed by atoms with Crippen LogP contribution in [0.4, 0.5) is 0 Å². The molecule has 0 spiro atoms. The van der Waals surface area contributed by atoms with Gasteiger partial charge in [0.15, 0.2) is 0 Å². The Bertz CT molecular complexity index is 359. The highest BCUT2D eigenvalue weighted by Crippen LogP contribution is 2.25. The van der Waals surface area contributed by atoms with Crippen LogP contribution in [0.15, 0.2) is 0 Å². The Hall–Kier alpha value is -1.39. The lowest BCUT2D eigenvalue weighted by atomic mass is 10.0. The third-order valence-corrected chi connectivity index (χ3v) is 2.50. The lowest BCUT2D eigenvalue weighted by Gasteiger charge is -2.21. The van der Waals surface area contributed by atoms with Crippen molar-refractivity contribution < 1.29 is 9.90 Å². The second-order valence-corrected chi connectivity index (χ2v) is 3.66. The van der Waals surface area contributed by atoms with Crippen molar-refractivity contribution in [3.63, 3.8) is 0 Å². The minimum Gasteiger partial charge on any atom is -0.481 e. The molecule has 5 heteroatoms. The predicted octanol–water partition coefficient (Wildman–Crippen LogP) is 0.939. The van der Waals surface area contributed by atoms with E-state index in [9.17, 15) is 4.79 Å². The van der Waals surface area contributed by atoms with Crippen molar-refractivity contribution in [3.05, 3.63) is 11.6 Å². The van der Waals surface area contributed by atoms with Crippen LogP contribution in [0.2, 0.25) is 0 Å². The van der Waals surface area contributed by atoms with Crippen LogP contribution in [-0.2, 0) is 11.2 Å². The molecule has 0 radical (unpaired) electrons. The molecule has 0 fully saturated rings. The van der Waals surface area contributed by atoms with Gasteiger partial charge in [-0.15, -0.1) is 0 Å². The van der Waals surface area contributed by atoms with Crippen LogP contribution in [0.3, 0.4) is 0 Å². The SMILES string of the molecule is Cc1nc2n(n1)C(CC(=O)O)CCC2. The van der Waals surface area contributed by atoms with E-state index in [2.05, 4.69) is 10.1 Å². The number of aromatic nitrogens is 3. The third kappa shape index (κ3) is 1.62. The molecule has 0 saturated carbocycles. The summed E-state index contributed by atoms with van der Waals surface area (Å²) in [4.78, 5) is 14.9. The fourth-order valence-electron chi connectivity index (χ4n) is 1.95. The van der Waals surface area contributed by atoms with Crippen LogP contribution in [0.1, 0.15) is 37.0 Å². The molecule has 0 aromatic carbocycles. The molecule has 0 amide bonds. The van der Waals surface area contributed by atoms with Gasteiger partial charge in [0.1, 0.15) is 11.6 Å². The third-order valence-electron chi connectivity index (χ3n) is 2.50. The zero-order valence-corrected chi connectivity index (χ0v) is 8.10. The van der Waals surface area contributed by atoms with E-state index >= 15 is 0 Å². The number of fused-ring (bicyclic) bond motifs is 1. The summed E-state index contributed by atoms with van der Waals surface area (Å²) in [5.41, 5.74) is 0. The minimum absolute atomic E-state index is 0.00236. The number of aliphatic carboxylic acids is 1. The maximum absolute atomic E-state index is 10.6. The average molecular weight is 195 g/mol. The van der Waals surface area contributed by atoms with Crippen LogP contribution in [0, 0.1) is 6.92 Å². The maximum Gasteiger partial charge on any atom is 0.305 e. The summed E-state index contributed by atoms with van der Waals surface area (Å²) in [5.74, 6) is 0.897. The summed E-state index contributed by atoms with van der Waals surface area (Å²) in [6.07, 6.45) is 2.96. The van der Waals surface area contributed by atoms with Crippen molar-refractivity contribution in [1.29, 1.82) is 0 Å². The first-order valence-corrected chi connectivity index (χ1v) is 4.80. The summed E-state index contributed by atoms with van der Waals surface area (Å²) < 4.78 is 1.78. The molecule has 2 rings (SSSR count). The molecule has 0 bridgehead atoms. The van der Waals surface area contributed by atoms with Gasteiger partial charge in [0.2, 0.25) is 0 Å². The van der Waals surface area contributed by atoms with Gasteiger partial charge in [-0.2, -0.15) is 5.10 Å². The largest absolute Gasteiger partial charge is 0.481 e. The average Bonchev–Trinajstić information content (AvgIpc) is 2.45. The molecule has 14 heavy (non-hydrogen) atoms. The minimum atomic E-state index is -0.768. The second-order valence-electron chi connectivity index (χ2n) is 3.66. The van der Waals surface area contributed by atoms with Gasteiger partial charge in [0.25, 0.3) is 0 Å². The molecular weight excluding hydrogens is 182 g/mol. The van der Waals surface area contributed by atoms with Gasteiger partial charge in [-0.3, -0.25) is 4.79 Å². The van der Waals surface area contributed by atoms with Gasteiger partial charge in [0.05, 0.1) is 12.5 Å². The standard InChI is InChI=1S/C9H13N3O2/c1-6-10-8-4-2-3-7(5-9(13)14)12(8)11-6/h7H,2-5H2,1H3,(H,13,14). The van der Waals surface area contributed by atoms with E-state index in [1.54, 1.807) is 4.68 Å². The quantitative estimate of drug-likeness (QED) is 0.762. The van der Waals surface area contributed by atoms with E-state index in [-0.39, 0.29) is 12.5 Å². The van der Waals surface area contributed by atoms with Crippen molar-refractivity contribution in [2.75, 3.05) is 0 Å². The zero-order chi connectivity index (χ0) is 10.1. The Morgan fingerprint density at radius 3 is 3.21 bits per heavy atom. The van der Waals surface area contributed by atoms with Crippen LogP contribution in [-0.4, -0.2) is 25.8 Å². The topological polar surface area (TPSA) is 68.0 Å². The summed E-state index contributed by atoms with van der Waals surface area (Å²) in [7, 11) is 0. The Kier molecular flexibility index (Phi) is 2.23. The van der Waals surface area contributed by atoms with Gasteiger partial charge in [0, 0.05) is 6.42 Å². The first kappa shape index (κ1) is 9.18. The molecule has 0 saturated heterocycles. The van der Waals surface area contributed by atoms with Crippen molar-refractivity contribution in [1.82, 2.24) is 14.8 Å². The van der Waals surface area contributed by atoms with Crippen molar-refractivity contribution >= 4 is 5.97 Å². The molecule has 1 aliphatic heterocycles. The number of aryl methyl sites for hydroxylation is 2. The fraction of sp³-hybridized carbons (Fsp3) is 0.667. The normalized spacial score (nSPS) is 20.5. The van der Waals surface area contributed by atoms with Crippen LogP contribution in [0.5, 0.6) is 0 Å². The molecule has 1 aliphatic rings. The van der Waals surface area contributed by atoms with Gasteiger partial charge in [-0.1, -0.05) is 0 Å². The molecule has 1 atom stereocenters. The van der Waals surface area contributed by atoms with Crippen LogP contribution >= 0.6 is 0 Å². The molecule has 1 unspecified atom stereocenters. The highest BCUT2D eigenvalue weighted by atomic mass is 16.4. The van der Waals surface area contributed by atoms with E-state index in [4.69, 9.17) is 5.11 Å². The summed E-state index contributed by atoms with van der Waals surface area (Å²) in [5, 5.41) is 13.0. The van der Waals surface area contributed by atoms with E-state index in [0.717, 1.165) is 30.9 Å². The molecule has 0 aliphatic carbocycles. The van der Waals surface area contributed by atoms with Crippen LogP contribution < -0.4 is 0 Å². The first-order valence-electron chi connectivity index (χ1n) is 4.80. The molecule has 1 aromatic rings. The molecule has 76 valence electrons. The van der Waals surface area contributed by atoms with Gasteiger partial charge >= 0.3 is 5.97 Å². The highest BCUT2D eigenvalue weighted by Gasteiger charge is 2.24. The number of carboxylic acids is 1. The van der Waals surface area contributed by atoms with Gasteiger partial charge < -0.3 is 5.11 Å². The number of rotatable bonds is 2. The number of hydrogen-bond acceptors (Lipinski definition) is 3. The van der Waals surface area contributed by atoms with E-state index < -0.39 is 5.97 Å². The van der Waals surface area contributed by atoms with E-state index in [0.29, 0.717) is 0 Å². The summed E-state index contributed by atoms with van der Waals surface area (Å²) >= 11 is 0. The van der Waals surface area contributed by atoms with Crippen molar-refractivity contribution in [3.8, 4) is 0 Å². The molecule has 5 nitrogen and oxygen atoms in total. The van der Waals surface area contributed by atoms with Crippen molar-refractivity contribution in [2.45, 2.75) is 38.6 Å². The van der Waals surface area contributed by atoms with E-state index in [1.807, 2.05) is 6.92 Å². The first-order chi connectivity index (χ1) is 6.66. The smallest absolute Gasteiger partial charge is 0.305 e. The lowest BCUT2D eigenvalue weighted by Crippen LogP contribution is -2.21. The van der Waals surface area contributed by atoms with E-state index in [1.165, 1.54) is 0 Å². The lowest BCUT2D eigenvalue weighted by molar-refractivity contribution is -0.138. The van der Waals surface area contributed by atoms with Gasteiger partial charge in [-0.05, 0) is 19.8 Å². The van der Waals surface area contributed by atoms with Gasteiger partial charge in [-0.25, -0.2) is 9.67 Å². The second kappa shape index (κ2) is 3.40. The number of carbonyl (C=O) groups is 1. The number of nitrogens with zero attached hydrogens (tertiary/aromatic N) is 3.